The summed E-state index contributed by atoms with van der Waals surface area (Å²) in [4.78, 5) is 0. The van der Waals surface area contributed by atoms with E-state index in [1.807, 2.05) is 11.8 Å². The van der Waals surface area contributed by atoms with Crippen LogP contribution in [0.1, 0.15) is 38.3 Å². The van der Waals surface area contributed by atoms with Gasteiger partial charge in [0.1, 0.15) is 0 Å². The molecule has 0 saturated carbocycles. The number of thioether (sulfide) groups is 1. The minimum absolute atomic E-state index is 0.282. The Morgan fingerprint density at radius 2 is 2.06 bits per heavy atom. The maximum atomic E-state index is 3.59. The molecule has 0 aliphatic rings. The van der Waals surface area contributed by atoms with Crippen LogP contribution in [-0.4, -0.2) is 17.8 Å². The lowest BCUT2D eigenvalue weighted by atomic mass is 10.0. The minimum Gasteiger partial charge on any atom is -0.311 e. The zero-order chi connectivity index (χ0) is 12.7. The van der Waals surface area contributed by atoms with Crippen molar-refractivity contribution in [3.8, 4) is 0 Å². The summed E-state index contributed by atoms with van der Waals surface area (Å²) in [5.74, 6) is 2.30. The van der Waals surface area contributed by atoms with Crippen LogP contribution in [0.4, 0.5) is 0 Å². The van der Waals surface area contributed by atoms with Gasteiger partial charge in [-0.05, 0) is 32.8 Å². The van der Waals surface area contributed by atoms with E-state index in [2.05, 4.69) is 57.3 Å². The Kier molecular flexibility index (Phi) is 6.07. The first-order valence-corrected chi connectivity index (χ1v) is 7.57. The van der Waals surface area contributed by atoms with Crippen LogP contribution in [0.15, 0.2) is 24.3 Å². The van der Waals surface area contributed by atoms with Gasteiger partial charge in [-0.3, -0.25) is 0 Å². The Bertz CT molecular complexity index is 333. The van der Waals surface area contributed by atoms with Gasteiger partial charge >= 0.3 is 0 Å². The van der Waals surface area contributed by atoms with Crippen LogP contribution in [0.25, 0.3) is 0 Å². The van der Waals surface area contributed by atoms with E-state index in [1.54, 1.807) is 0 Å². The van der Waals surface area contributed by atoms with E-state index >= 15 is 0 Å². The van der Waals surface area contributed by atoms with Crippen molar-refractivity contribution < 1.29 is 0 Å². The third kappa shape index (κ3) is 6.13. The monoisotopic (exact) mass is 251 g/mol. The molecule has 96 valence electrons. The molecule has 0 bridgehead atoms. The Hall–Kier alpha value is -0.470. The van der Waals surface area contributed by atoms with E-state index in [0.29, 0.717) is 0 Å². The molecule has 1 rings (SSSR count). The highest BCUT2D eigenvalue weighted by Crippen LogP contribution is 2.13. The summed E-state index contributed by atoms with van der Waals surface area (Å²) in [5, 5.41) is 3.59. The predicted octanol–water partition coefficient (Wildman–Crippen LogP) is 4.01. The zero-order valence-electron chi connectivity index (χ0n) is 11.5. The van der Waals surface area contributed by atoms with Crippen LogP contribution in [0, 0.1) is 6.92 Å². The first-order chi connectivity index (χ1) is 8.03. The minimum atomic E-state index is 0.282. The number of rotatable bonds is 7. The second-order valence-electron chi connectivity index (χ2n) is 5.21. The fraction of sp³-hybridized carbons (Fsp3) is 0.600. The standard InChI is InChI=1S/C15H25NS/c1-5-15(3,4)16-9-10-17-12-14-8-6-7-13(2)11-14/h6-8,11,16H,5,9-10,12H2,1-4H3. The molecular weight excluding hydrogens is 226 g/mol. The summed E-state index contributed by atoms with van der Waals surface area (Å²) in [6, 6.07) is 8.78. The van der Waals surface area contributed by atoms with Gasteiger partial charge in [-0.2, -0.15) is 11.8 Å². The molecular formula is C15H25NS. The van der Waals surface area contributed by atoms with Crippen LogP contribution >= 0.6 is 11.8 Å². The van der Waals surface area contributed by atoms with Gasteiger partial charge < -0.3 is 5.32 Å². The largest absolute Gasteiger partial charge is 0.311 e. The molecule has 0 radical (unpaired) electrons. The Balaban J connectivity index is 2.17. The molecule has 0 atom stereocenters. The number of hydrogen-bond donors (Lipinski definition) is 1. The lowest BCUT2D eigenvalue weighted by molar-refractivity contribution is 0.388. The average Bonchev–Trinajstić information content (AvgIpc) is 2.29. The van der Waals surface area contributed by atoms with Gasteiger partial charge in [0, 0.05) is 23.6 Å². The van der Waals surface area contributed by atoms with Crippen LogP contribution in [-0.2, 0) is 5.75 Å². The molecule has 0 fully saturated rings. The highest BCUT2D eigenvalue weighted by atomic mass is 32.2. The summed E-state index contributed by atoms with van der Waals surface area (Å²) in [7, 11) is 0. The van der Waals surface area contributed by atoms with Crippen molar-refractivity contribution in [2.75, 3.05) is 12.3 Å². The molecule has 1 aromatic carbocycles. The molecule has 1 aromatic rings. The molecule has 2 heteroatoms. The van der Waals surface area contributed by atoms with Crippen molar-refractivity contribution in [3.63, 3.8) is 0 Å². The highest BCUT2D eigenvalue weighted by Gasteiger charge is 2.12. The fourth-order valence-corrected chi connectivity index (χ4v) is 2.38. The maximum absolute atomic E-state index is 3.59. The fourth-order valence-electron chi connectivity index (χ4n) is 1.58. The lowest BCUT2D eigenvalue weighted by Crippen LogP contribution is -2.39. The lowest BCUT2D eigenvalue weighted by Gasteiger charge is -2.24. The van der Waals surface area contributed by atoms with Crippen molar-refractivity contribution >= 4 is 11.8 Å². The molecule has 0 amide bonds. The SMILES string of the molecule is CCC(C)(C)NCCSCc1cccc(C)c1. The van der Waals surface area contributed by atoms with Crippen LogP contribution in [0.2, 0.25) is 0 Å². The van der Waals surface area contributed by atoms with E-state index in [-0.39, 0.29) is 5.54 Å². The highest BCUT2D eigenvalue weighted by molar-refractivity contribution is 7.98. The number of hydrogen-bond acceptors (Lipinski definition) is 2. The summed E-state index contributed by atoms with van der Waals surface area (Å²) in [5.41, 5.74) is 3.07. The van der Waals surface area contributed by atoms with Gasteiger partial charge in [0.15, 0.2) is 0 Å². The van der Waals surface area contributed by atoms with Gasteiger partial charge in [0.25, 0.3) is 0 Å². The topological polar surface area (TPSA) is 12.0 Å². The smallest absolute Gasteiger partial charge is 0.0185 e. The van der Waals surface area contributed by atoms with Crippen LogP contribution < -0.4 is 5.32 Å². The number of benzene rings is 1. The maximum Gasteiger partial charge on any atom is 0.0185 e. The summed E-state index contributed by atoms with van der Waals surface area (Å²) >= 11 is 2.00. The normalized spacial score (nSPS) is 11.8. The zero-order valence-corrected chi connectivity index (χ0v) is 12.4. The van der Waals surface area contributed by atoms with Gasteiger partial charge in [0.05, 0.1) is 0 Å². The van der Waals surface area contributed by atoms with Crippen molar-refractivity contribution in [3.05, 3.63) is 35.4 Å². The molecule has 0 unspecified atom stereocenters. The molecule has 1 N–H and O–H groups in total. The number of aryl methyl sites for hydroxylation is 1. The van der Waals surface area contributed by atoms with Crippen LogP contribution in [0.5, 0.6) is 0 Å². The third-order valence-corrected chi connectivity index (χ3v) is 4.12. The summed E-state index contributed by atoms with van der Waals surface area (Å²) in [6.45, 7) is 10.0. The summed E-state index contributed by atoms with van der Waals surface area (Å²) < 4.78 is 0. The van der Waals surface area contributed by atoms with E-state index in [0.717, 1.165) is 12.3 Å². The average molecular weight is 251 g/mol. The Morgan fingerprint density at radius 1 is 1.29 bits per heavy atom. The third-order valence-electron chi connectivity index (χ3n) is 3.09. The van der Waals surface area contributed by atoms with Crippen LogP contribution in [0.3, 0.4) is 0 Å². The molecule has 0 spiro atoms. The van der Waals surface area contributed by atoms with Gasteiger partial charge in [-0.15, -0.1) is 0 Å². The molecule has 0 aliphatic carbocycles. The quantitative estimate of drug-likeness (QED) is 0.735. The van der Waals surface area contributed by atoms with E-state index in [1.165, 1.54) is 23.3 Å². The van der Waals surface area contributed by atoms with Crippen molar-refractivity contribution in [2.24, 2.45) is 0 Å². The second-order valence-corrected chi connectivity index (χ2v) is 6.31. The predicted molar refractivity (Wildman–Crippen MR) is 79.7 cm³/mol. The molecule has 1 nitrogen and oxygen atoms in total. The Morgan fingerprint density at radius 3 is 2.71 bits per heavy atom. The van der Waals surface area contributed by atoms with E-state index < -0.39 is 0 Å². The molecule has 0 aromatic heterocycles. The second kappa shape index (κ2) is 7.07. The van der Waals surface area contributed by atoms with Gasteiger partial charge in [0.2, 0.25) is 0 Å². The number of nitrogens with one attached hydrogen (secondary N) is 1. The van der Waals surface area contributed by atoms with Gasteiger partial charge in [-0.1, -0.05) is 36.8 Å². The molecule has 0 heterocycles. The summed E-state index contributed by atoms with van der Waals surface area (Å²) in [6.07, 6.45) is 1.18. The van der Waals surface area contributed by atoms with Gasteiger partial charge in [-0.25, -0.2) is 0 Å². The van der Waals surface area contributed by atoms with Crippen molar-refractivity contribution in [2.45, 2.75) is 45.4 Å². The first kappa shape index (κ1) is 14.6. The van der Waals surface area contributed by atoms with E-state index in [4.69, 9.17) is 0 Å². The van der Waals surface area contributed by atoms with Crippen molar-refractivity contribution in [1.29, 1.82) is 0 Å². The molecule has 0 aliphatic heterocycles. The van der Waals surface area contributed by atoms with Crippen molar-refractivity contribution in [1.82, 2.24) is 5.32 Å². The van der Waals surface area contributed by atoms with E-state index in [9.17, 15) is 0 Å². The molecule has 17 heavy (non-hydrogen) atoms. The Labute approximate surface area is 110 Å². The first-order valence-electron chi connectivity index (χ1n) is 6.42. The molecule has 0 saturated heterocycles.